The van der Waals surface area contributed by atoms with E-state index in [9.17, 15) is 0 Å². The van der Waals surface area contributed by atoms with Crippen LogP contribution >= 0.6 is 11.8 Å². The number of hydrogen-bond acceptors (Lipinski definition) is 2. The van der Waals surface area contributed by atoms with Crippen LogP contribution in [0.15, 0.2) is 64.4 Å². The zero-order valence-electron chi connectivity index (χ0n) is 11.1. The third kappa shape index (κ3) is 1.35. The van der Waals surface area contributed by atoms with Gasteiger partial charge >= 0.3 is 0 Å². The maximum Gasteiger partial charge on any atom is 0.0591 e. The number of rotatable bonds is 0. The minimum atomic E-state index is 0.632. The molecule has 0 radical (unpaired) electrons. The highest BCUT2D eigenvalue weighted by Gasteiger charge is 2.38. The van der Waals surface area contributed by atoms with Gasteiger partial charge in [0.15, 0.2) is 0 Å². The summed E-state index contributed by atoms with van der Waals surface area (Å²) in [4.78, 5) is 5.37. The van der Waals surface area contributed by atoms with E-state index >= 15 is 0 Å². The molecule has 2 aliphatic heterocycles. The summed E-state index contributed by atoms with van der Waals surface area (Å²) < 4.78 is 0. The maximum atomic E-state index is 2.56. The van der Waals surface area contributed by atoms with E-state index < -0.39 is 0 Å². The van der Waals surface area contributed by atoms with E-state index in [1.807, 2.05) is 11.8 Å². The normalized spacial score (nSPS) is 25.1. The van der Waals surface area contributed by atoms with Crippen molar-refractivity contribution >= 4 is 23.1 Å². The van der Waals surface area contributed by atoms with Crippen molar-refractivity contribution in [1.82, 2.24) is 0 Å². The van der Waals surface area contributed by atoms with Gasteiger partial charge in [-0.05, 0) is 36.1 Å². The zero-order valence-corrected chi connectivity index (χ0v) is 11.9. The fourth-order valence-corrected chi connectivity index (χ4v) is 5.00. The van der Waals surface area contributed by atoms with Gasteiger partial charge in [0, 0.05) is 22.3 Å². The van der Waals surface area contributed by atoms with Crippen molar-refractivity contribution in [2.45, 2.75) is 22.1 Å². The number of fused-ring (bicyclic) bond motifs is 4. The number of allylic oxidation sites excluding steroid dienone is 2. The van der Waals surface area contributed by atoms with Crippen LogP contribution in [0.25, 0.3) is 0 Å². The second-order valence-corrected chi connectivity index (χ2v) is 6.91. The molecule has 0 amide bonds. The molecule has 0 saturated carbocycles. The van der Waals surface area contributed by atoms with Gasteiger partial charge in [0.2, 0.25) is 0 Å². The second kappa shape index (κ2) is 3.92. The summed E-state index contributed by atoms with van der Waals surface area (Å²) in [7, 11) is 0. The molecule has 3 aliphatic rings. The lowest BCUT2D eigenvalue weighted by Gasteiger charge is -2.42. The van der Waals surface area contributed by atoms with Gasteiger partial charge in [0.05, 0.1) is 11.4 Å². The zero-order chi connectivity index (χ0) is 13.1. The van der Waals surface area contributed by atoms with Crippen molar-refractivity contribution in [3.63, 3.8) is 0 Å². The lowest BCUT2D eigenvalue weighted by atomic mass is 9.83. The molecule has 0 spiro atoms. The first-order valence-corrected chi connectivity index (χ1v) is 8.07. The smallest absolute Gasteiger partial charge is 0.0591 e. The summed E-state index contributed by atoms with van der Waals surface area (Å²) in [6, 6.07) is 15.6. The molecule has 2 heteroatoms. The lowest BCUT2D eigenvalue weighted by molar-refractivity contribution is 0.494. The highest BCUT2D eigenvalue weighted by Crippen LogP contribution is 2.55. The molecule has 0 fully saturated rings. The standard InChI is InChI=1S/C18H15NS/c1-2-9-16-15(8-1)19-11-12-5-3-6-13(12)14-7-4-10-17(20-16)18(14)19/h1-4,6-10,12-13H,5,11H2/t12-,13-/m1/s1. The van der Waals surface area contributed by atoms with Gasteiger partial charge in [-0.1, -0.05) is 48.2 Å². The summed E-state index contributed by atoms with van der Waals surface area (Å²) in [6.07, 6.45) is 6.01. The largest absolute Gasteiger partial charge is 0.339 e. The Morgan fingerprint density at radius 1 is 1.00 bits per heavy atom. The van der Waals surface area contributed by atoms with Crippen LogP contribution in [0, 0.1) is 5.92 Å². The summed E-state index contributed by atoms with van der Waals surface area (Å²) in [5.41, 5.74) is 4.38. The molecule has 2 aromatic rings. The Labute approximate surface area is 123 Å². The van der Waals surface area contributed by atoms with Crippen molar-refractivity contribution in [3.8, 4) is 0 Å². The number of para-hydroxylation sites is 2. The third-order valence-electron chi connectivity index (χ3n) is 4.74. The van der Waals surface area contributed by atoms with Crippen LogP contribution in [0.2, 0.25) is 0 Å². The van der Waals surface area contributed by atoms with Gasteiger partial charge < -0.3 is 4.90 Å². The summed E-state index contributed by atoms with van der Waals surface area (Å²) in [5, 5.41) is 0. The Morgan fingerprint density at radius 3 is 2.90 bits per heavy atom. The van der Waals surface area contributed by atoms with Gasteiger partial charge in [-0.2, -0.15) is 0 Å². The summed E-state index contributed by atoms with van der Waals surface area (Å²) in [5.74, 6) is 1.38. The minimum absolute atomic E-state index is 0.632. The SMILES string of the molecule is C1=C[C@H]2c3cccc4c3N(C[C@H]2C1)c1ccccc1S4. The topological polar surface area (TPSA) is 3.24 Å². The van der Waals surface area contributed by atoms with E-state index in [4.69, 9.17) is 0 Å². The highest BCUT2D eigenvalue weighted by atomic mass is 32.2. The third-order valence-corrected chi connectivity index (χ3v) is 5.86. The van der Waals surface area contributed by atoms with Gasteiger partial charge in [0.1, 0.15) is 0 Å². The average molecular weight is 277 g/mol. The summed E-state index contributed by atoms with van der Waals surface area (Å²) >= 11 is 1.92. The van der Waals surface area contributed by atoms with Crippen LogP contribution in [0.3, 0.4) is 0 Å². The molecular weight excluding hydrogens is 262 g/mol. The minimum Gasteiger partial charge on any atom is -0.339 e. The van der Waals surface area contributed by atoms with Crippen LogP contribution in [0.4, 0.5) is 11.4 Å². The van der Waals surface area contributed by atoms with Crippen molar-refractivity contribution in [2.24, 2.45) is 5.92 Å². The predicted molar refractivity (Wildman–Crippen MR) is 84.0 cm³/mol. The molecule has 0 unspecified atom stereocenters. The van der Waals surface area contributed by atoms with Crippen LogP contribution < -0.4 is 4.90 Å². The predicted octanol–water partition coefficient (Wildman–Crippen LogP) is 4.96. The first-order chi connectivity index (χ1) is 9.92. The van der Waals surface area contributed by atoms with E-state index in [0.717, 1.165) is 12.5 Å². The van der Waals surface area contributed by atoms with Crippen LogP contribution in [-0.2, 0) is 0 Å². The molecule has 20 heavy (non-hydrogen) atoms. The van der Waals surface area contributed by atoms with Crippen LogP contribution in [0.1, 0.15) is 17.9 Å². The van der Waals surface area contributed by atoms with E-state index in [1.54, 1.807) is 0 Å². The number of nitrogens with zero attached hydrogens (tertiary/aromatic N) is 1. The van der Waals surface area contributed by atoms with Crippen LogP contribution in [0.5, 0.6) is 0 Å². The number of hydrogen-bond donors (Lipinski definition) is 0. The molecule has 98 valence electrons. The van der Waals surface area contributed by atoms with Gasteiger partial charge in [-0.25, -0.2) is 0 Å². The van der Waals surface area contributed by atoms with E-state index in [2.05, 4.69) is 59.5 Å². The maximum absolute atomic E-state index is 2.56. The molecule has 1 nitrogen and oxygen atoms in total. The fraction of sp³-hybridized carbons (Fsp3) is 0.222. The lowest BCUT2D eigenvalue weighted by Crippen LogP contribution is -2.34. The van der Waals surface area contributed by atoms with Gasteiger partial charge in [0.25, 0.3) is 0 Å². The van der Waals surface area contributed by atoms with Crippen molar-refractivity contribution in [2.75, 3.05) is 11.4 Å². The molecular formula is C18H15NS. The molecule has 0 aromatic heterocycles. The molecule has 0 bridgehead atoms. The Balaban J connectivity index is 1.78. The molecule has 0 saturated heterocycles. The Kier molecular flexibility index (Phi) is 2.16. The molecule has 2 heterocycles. The van der Waals surface area contributed by atoms with Crippen molar-refractivity contribution in [1.29, 1.82) is 0 Å². The van der Waals surface area contributed by atoms with Gasteiger partial charge in [-0.3, -0.25) is 0 Å². The highest BCUT2D eigenvalue weighted by molar-refractivity contribution is 7.99. The van der Waals surface area contributed by atoms with E-state index in [-0.39, 0.29) is 0 Å². The van der Waals surface area contributed by atoms with Crippen molar-refractivity contribution in [3.05, 3.63) is 60.2 Å². The van der Waals surface area contributed by atoms with E-state index in [1.165, 1.54) is 33.2 Å². The monoisotopic (exact) mass is 277 g/mol. The van der Waals surface area contributed by atoms with Crippen LogP contribution in [-0.4, -0.2) is 6.54 Å². The Morgan fingerprint density at radius 2 is 1.90 bits per heavy atom. The summed E-state index contributed by atoms with van der Waals surface area (Å²) in [6.45, 7) is 1.15. The molecule has 1 aliphatic carbocycles. The van der Waals surface area contributed by atoms with E-state index in [0.29, 0.717) is 5.92 Å². The second-order valence-electron chi connectivity index (χ2n) is 5.82. The number of anilines is 2. The number of benzene rings is 2. The first kappa shape index (κ1) is 11.0. The van der Waals surface area contributed by atoms with Gasteiger partial charge in [-0.15, -0.1) is 0 Å². The molecule has 2 atom stereocenters. The molecule has 5 rings (SSSR count). The fourth-order valence-electron chi connectivity index (χ4n) is 3.86. The molecule has 0 N–H and O–H groups in total. The molecule has 2 aromatic carbocycles. The first-order valence-electron chi connectivity index (χ1n) is 7.26. The Bertz CT molecular complexity index is 734. The van der Waals surface area contributed by atoms with Crippen molar-refractivity contribution < 1.29 is 0 Å². The quantitative estimate of drug-likeness (QED) is 0.626. The average Bonchev–Trinajstić information content (AvgIpc) is 2.96. The Hall–Kier alpha value is -1.67.